The molecule has 1 fully saturated rings. The average molecular weight is 246 g/mol. The molecule has 2 unspecified atom stereocenters. The number of hydrogen-bond acceptors (Lipinski definition) is 1. The zero-order valence-corrected chi connectivity index (χ0v) is 7.58. The number of halogens is 4. The maximum Gasteiger partial charge on any atom is 0.471 e. The lowest BCUT2D eigenvalue weighted by Gasteiger charge is -2.06. The first-order valence-electron chi connectivity index (χ1n) is 3.39. The molecule has 2 atom stereocenters. The molecule has 1 amide bonds. The van der Waals surface area contributed by atoms with Gasteiger partial charge >= 0.3 is 12.1 Å². The van der Waals surface area contributed by atoms with Crippen LogP contribution in [0.4, 0.5) is 13.2 Å². The fourth-order valence-electron chi connectivity index (χ4n) is 0.845. The highest BCUT2D eigenvalue weighted by Gasteiger charge is 2.45. The summed E-state index contributed by atoms with van der Waals surface area (Å²) >= 11 is 3.12. The summed E-state index contributed by atoms with van der Waals surface area (Å²) in [4.78, 5) is 10.3. The van der Waals surface area contributed by atoms with E-state index in [0.717, 1.165) is 0 Å². The van der Waals surface area contributed by atoms with E-state index in [4.69, 9.17) is 0 Å². The van der Waals surface area contributed by atoms with Gasteiger partial charge in [-0.2, -0.15) is 13.2 Å². The molecule has 0 bridgehead atoms. The number of nitrogens with one attached hydrogen (secondary N) is 1. The molecule has 1 rings (SSSR count). The minimum Gasteiger partial charge on any atom is -0.345 e. The number of alkyl halides is 4. The molecule has 1 saturated carbocycles. The number of carbonyl (C=O) groups is 1. The van der Waals surface area contributed by atoms with E-state index in [2.05, 4.69) is 15.9 Å². The lowest BCUT2D eigenvalue weighted by molar-refractivity contribution is -0.173. The van der Waals surface area contributed by atoms with Crippen LogP contribution in [0.25, 0.3) is 0 Å². The van der Waals surface area contributed by atoms with Gasteiger partial charge in [0.05, 0.1) is 0 Å². The Morgan fingerprint density at radius 2 is 2.17 bits per heavy atom. The molecule has 0 aromatic rings. The third kappa shape index (κ3) is 2.36. The zero-order valence-electron chi connectivity index (χ0n) is 5.99. The van der Waals surface area contributed by atoms with Gasteiger partial charge in [0, 0.05) is 11.4 Å². The second-order valence-corrected chi connectivity index (χ2v) is 3.38. The number of hydrogen-bond donors (Lipinski definition) is 1. The van der Waals surface area contributed by atoms with Gasteiger partial charge in [-0.3, -0.25) is 4.79 Å². The van der Waals surface area contributed by atoms with Crippen LogP contribution in [0, 0.1) is 5.92 Å². The van der Waals surface area contributed by atoms with Crippen molar-refractivity contribution in [1.82, 2.24) is 5.32 Å². The van der Waals surface area contributed by atoms with Crippen molar-refractivity contribution in [3.8, 4) is 0 Å². The lowest BCUT2D eigenvalue weighted by Crippen LogP contribution is -2.38. The summed E-state index contributed by atoms with van der Waals surface area (Å²) in [7, 11) is 0. The molecule has 0 saturated heterocycles. The van der Waals surface area contributed by atoms with Gasteiger partial charge in [-0.15, -0.1) is 0 Å². The summed E-state index contributed by atoms with van der Waals surface area (Å²) in [6.45, 7) is 0. The van der Waals surface area contributed by atoms with Crippen molar-refractivity contribution in [2.45, 2.75) is 18.6 Å². The van der Waals surface area contributed by atoms with Crippen molar-refractivity contribution < 1.29 is 18.0 Å². The van der Waals surface area contributed by atoms with Gasteiger partial charge < -0.3 is 5.32 Å². The summed E-state index contributed by atoms with van der Waals surface area (Å²) in [5, 5.41) is 2.54. The number of amides is 1. The van der Waals surface area contributed by atoms with Gasteiger partial charge in [-0.1, -0.05) is 15.9 Å². The largest absolute Gasteiger partial charge is 0.471 e. The summed E-state index contributed by atoms with van der Waals surface area (Å²) in [6.07, 6.45) is -4.12. The summed E-state index contributed by atoms with van der Waals surface area (Å²) in [5.74, 6) is -1.67. The topological polar surface area (TPSA) is 29.1 Å². The van der Waals surface area contributed by atoms with Crippen molar-refractivity contribution in [2.24, 2.45) is 5.92 Å². The molecule has 1 N–H and O–H groups in total. The fourth-order valence-corrected chi connectivity index (χ4v) is 1.56. The van der Waals surface area contributed by atoms with E-state index >= 15 is 0 Å². The van der Waals surface area contributed by atoms with Gasteiger partial charge in [0.2, 0.25) is 0 Å². The van der Waals surface area contributed by atoms with E-state index in [1.807, 2.05) is 5.32 Å². The Balaban J connectivity index is 2.30. The molecule has 1 aliphatic carbocycles. The monoisotopic (exact) mass is 245 g/mol. The molecule has 0 spiro atoms. The van der Waals surface area contributed by atoms with E-state index in [-0.39, 0.29) is 12.0 Å². The van der Waals surface area contributed by atoms with Crippen LogP contribution in [0.2, 0.25) is 0 Å². The molecule has 12 heavy (non-hydrogen) atoms. The van der Waals surface area contributed by atoms with Crippen molar-refractivity contribution in [2.75, 3.05) is 5.33 Å². The van der Waals surface area contributed by atoms with E-state index in [0.29, 0.717) is 11.8 Å². The smallest absolute Gasteiger partial charge is 0.345 e. The van der Waals surface area contributed by atoms with Crippen LogP contribution in [0.1, 0.15) is 6.42 Å². The van der Waals surface area contributed by atoms with Crippen molar-refractivity contribution in [1.29, 1.82) is 0 Å². The first-order valence-corrected chi connectivity index (χ1v) is 4.51. The predicted octanol–water partition coefficient (Wildman–Crippen LogP) is 1.45. The second kappa shape index (κ2) is 3.24. The molecule has 0 aromatic heterocycles. The highest BCUT2D eigenvalue weighted by Crippen LogP contribution is 2.32. The van der Waals surface area contributed by atoms with Gasteiger partial charge in [0.15, 0.2) is 0 Å². The van der Waals surface area contributed by atoms with Crippen molar-refractivity contribution in [3.05, 3.63) is 0 Å². The van der Waals surface area contributed by atoms with Crippen LogP contribution >= 0.6 is 15.9 Å². The van der Waals surface area contributed by atoms with Gasteiger partial charge in [-0.25, -0.2) is 0 Å². The maximum atomic E-state index is 11.6. The molecule has 0 aromatic carbocycles. The van der Waals surface area contributed by atoms with Crippen LogP contribution in [-0.4, -0.2) is 23.5 Å². The average Bonchev–Trinajstić information content (AvgIpc) is 2.65. The van der Waals surface area contributed by atoms with E-state index < -0.39 is 12.1 Å². The highest BCUT2D eigenvalue weighted by molar-refractivity contribution is 9.09. The zero-order chi connectivity index (χ0) is 9.35. The van der Waals surface area contributed by atoms with Crippen molar-refractivity contribution in [3.63, 3.8) is 0 Å². The second-order valence-electron chi connectivity index (χ2n) is 2.73. The third-order valence-corrected chi connectivity index (χ3v) is 2.53. The van der Waals surface area contributed by atoms with E-state index in [1.54, 1.807) is 0 Å². The molecule has 2 nitrogen and oxygen atoms in total. The van der Waals surface area contributed by atoms with Gasteiger partial charge in [0.25, 0.3) is 0 Å². The standard InChI is InChI=1S/C6H7BrF3NO/c7-2-3-1-4(3)11-5(12)6(8,9)10/h3-4H,1-2H2,(H,11,12). The summed E-state index contributed by atoms with van der Waals surface area (Å²) in [6, 6.07) is -0.293. The molecular weight excluding hydrogens is 239 g/mol. The first kappa shape index (κ1) is 9.83. The van der Waals surface area contributed by atoms with Crippen LogP contribution in [-0.2, 0) is 4.79 Å². The van der Waals surface area contributed by atoms with Crippen LogP contribution in [0.15, 0.2) is 0 Å². The Morgan fingerprint density at radius 1 is 1.58 bits per heavy atom. The van der Waals surface area contributed by atoms with Gasteiger partial charge in [0.1, 0.15) is 0 Å². The Kier molecular flexibility index (Phi) is 2.65. The Labute approximate surface area is 75.6 Å². The normalized spacial score (nSPS) is 28.3. The molecular formula is C6H7BrF3NO. The fraction of sp³-hybridized carbons (Fsp3) is 0.833. The van der Waals surface area contributed by atoms with Crippen LogP contribution < -0.4 is 5.32 Å². The minimum atomic E-state index is -4.75. The predicted molar refractivity (Wildman–Crippen MR) is 39.9 cm³/mol. The van der Waals surface area contributed by atoms with E-state index in [9.17, 15) is 18.0 Å². The van der Waals surface area contributed by atoms with Crippen LogP contribution in [0.3, 0.4) is 0 Å². The highest BCUT2D eigenvalue weighted by atomic mass is 79.9. The number of rotatable bonds is 2. The molecule has 1 aliphatic rings. The molecule has 0 aliphatic heterocycles. The van der Waals surface area contributed by atoms with Crippen molar-refractivity contribution >= 4 is 21.8 Å². The first-order chi connectivity index (χ1) is 5.45. The quantitative estimate of drug-likeness (QED) is 0.734. The Morgan fingerprint density at radius 3 is 2.50 bits per heavy atom. The summed E-state index contributed by atoms with van der Waals surface area (Å²) in [5.41, 5.74) is 0. The number of carbonyl (C=O) groups excluding carboxylic acids is 1. The molecule has 6 heteroatoms. The molecule has 70 valence electrons. The molecule has 0 heterocycles. The lowest BCUT2D eigenvalue weighted by atomic mass is 10.4. The van der Waals surface area contributed by atoms with E-state index in [1.165, 1.54) is 0 Å². The Hall–Kier alpha value is -0.260. The maximum absolute atomic E-state index is 11.6. The molecule has 0 radical (unpaired) electrons. The van der Waals surface area contributed by atoms with Gasteiger partial charge in [-0.05, 0) is 12.3 Å². The van der Waals surface area contributed by atoms with Crippen LogP contribution in [0.5, 0.6) is 0 Å². The third-order valence-electron chi connectivity index (χ3n) is 1.69. The minimum absolute atomic E-state index is 0.163. The SMILES string of the molecule is O=C(NC1CC1CBr)C(F)(F)F. The summed E-state index contributed by atoms with van der Waals surface area (Å²) < 4.78 is 34.9. The Bertz CT molecular complexity index is 194.